The smallest absolute Gasteiger partial charge is 0.236 e. The van der Waals surface area contributed by atoms with Crippen molar-refractivity contribution in [2.24, 2.45) is 0 Å². The van der Waals surface area contributed by atoms with E-state index in [4.69, 9.17) is 0 Å². The van der Waals surface area contributed by atoms with Crippen LogP contribution in [0.25, 0.3) is 0 Å². The maximum Gasteiger partial charge on any atom is 0.236 e. The normalized spacial score (nSPS) is 20.8. The molecule has 2 aliphatic rings. The van der Waals surface area contributed by atoms with Crippen LogP contribution >= 0.6 is 0 Å². The monoisotopic (exact) mass is 345 g/mol. The van der Waals surface area contributed by atoms with Crippen LogP contribution in [0.4, 0.5) is 0 Å². The van der Waals surface area contributed by atoms with Gasteiger partial charge in [-0.1, -0.05) is 37.1 Å². The predicted molar refractivity (Wildman–Crippen MR) is 99.3 cm³/mol. The molecule has 2 N–H and O–H groups in total. The van der Waals surface area contributed by atoms with Gasteiger partial charge in [-0.3, -0.25) is 9.69 Å². The van der Waals surface area contributed by atoms with Crippen LogP contribution in [0.3, 0.4) is 0 Å². The van der Waals surface area contributed by atoms with Gasteiger partial charge in [0.2, 0.25) is 5.91 Å². The maximum atomic E-state index is 12.5. The lowest BCUT2D eigenvalue weighted by atomic mass is 9.99. The van der Waals surface area contributed by atoms with Gasteiger partial charge in [-0.05, 0) is 30.9 Å². The number of nitrogens with one attached hydrogen (secondary N) is 1. The molecule has 1 aliphatic heterocycles. The van der Waals surface area contributed by atoms with Gasteiger partial charge < -0.3 is 15.3 Å². The maximum absolute atomic E-state index is 12.5. The molecule has 0 spiro atoms. The Bertz CT molecular complexity index is 576. The van der Waals surface area contributed by atoms with Crippen LogP contribution in [-0.2, 0) is 11.3 Å². The molecule has 0 unspecified atom stereocenters. The number of carbonyl (C=O) groups excluding carboxylic acids is 1. The Balaban J connectivity index is 1.44. The molecule has 5 heteroatoms. The Kier molecular flexibility index (Phi) is 6.10. The summed E-state index contributed by atoms with van der Waals surface area (Å²) < 4.78 is 0. The van der Waals surface area contributed by atoms with E-state index in [-0.39, 0.29) is 18.1 Å². The molecule has 1 aliphatic carbocycles. The topological polar surface area (TPSA) is 55.8 Å². The quantitative estimate of drug-likeness (QED) is 0.821. The highest BCUT2D eigenvalue weighted by Gasteiger charge is 2.33. The molecule has 1 saturated carbocycles. The molecule has 1 saturated heterocycles. The lowest BCUT2D eigenvalue weighted by Crippen LogP contribution is -2.54. The van der Waals surface area contributed by atoms with E-state index in [1.165, 1.54) is 11.1 Å². The van der Waals surface area contributed by atoms with Crippen LogP contribution in [0.2, 0.25) is 0 Å². The minimum absolute atomic E-state index is 0.129. The first-order chi connectivity index (χ1) is 12.1. The fourth-order valence-corrected chi connectivity index (χ4v) is 4.00. The third kappa shape index (κ3) is 4.60. The van der Waals surface area contributed by atoms with Crippen molar-refractivity contribution in [1.29, 1.82) is 0 Å². The number of hydrogen-bond acceptors (Lipinski definition) is 4. The molecule has 1 heterocycles. The Morgan fingerprint density at radius 2 is 1.84 bits per heavy atom. The summed E-state index contributed by atoms with van der Waals surface area (Å²) in [6.07, 6.45) is 4.22. The van der Waals surface area contributed by atoms with Crippen LogP contribution in [0.1, 0.15) is 36.8 Å². The Hall–Kier alpha value is -1.43. The molecule has 25 heavy (non-hydrogen) atoms. The second-order valence-corrected chi connectivity index (χ2v) is 7.58. The van der Waals surface area contributed by atoms with Crippen LogP contribution in [-0.4, -0.2) is 65.7 Å². The number of aliphatic hydroxyl groups is 1. The van der Waals surface area contributed by atoms with Gasteiger partial charge in [-0.25, -0.2) is 0 Å². The zero-order valence-electron chi connectivity index (χ0n) is 15.3. The van der Waals surface area contributed by atoms with Gasteiger partial charge in [-0.15, -0.1) is 0 Å². The Labute approximate surface area is 151 Å². The molecular weight excluding hydrogens is 314 g/mol. The second kappa shape index (κ2) is 8.30. The van der Waals surface area contributed by atoms with Gasteiger partial charge in [0.25, 0.3) is 0 Å². The number of piperazine rings is 1. The van der Waals surface area contributed by atoms with Gasteiger partial charge in [0, 0.05) is 38.3 Å². The number of carbonyl (C=O) groups is 1. The number of aliphatic hydroxyl groups excluding tert-OH is 1. The Morgan fingerprint density at radius 1 is 1.16 bits per heavy atom. The van der Waals surface area contributed by atoms with Crippen molar-refractivity contribution in [3.05, 3.63) is 35.4 Å². The van der Waals surface area contributed by atoms with E-state index in [0.29, 0.717) is 6.54 Å². The van der Waals surface area contributed by atoms with E-state index in [2.05, 4.69) is 41.4 Å². The summed E-state index contributed by atoms with van der Waals surface area (Å²) >= 11 is 0. The molecule has 2 fully saturated rings. The summed E-state index contributed by atoms with van der Waals surface area (Å²) in [5.41, 5.74) is 2.48. The van der Waals surface area contributed by atoms with E-state index in [0.717, 1.165) is 58.4 Å². The number of aryl methyl sites for hydroxylation is 1. The first kappa shape index (κ1) is 18.4. The van der Waals surface area contributed by atoms with Crippen molar-refractivity contribution in [1.82, 2.24) is 15.1 Å². The molecule has 1 amide bonds. The average Bonchev–Trinajstić information content (AvgIpc) is 3.12. The number of amides is 1. The summed E-state index contributed by atoms with van der Waals surface area (Å²) in [5.74, 6) is 0.162. The minimum Gasteiger partial charge on any atom is -0.394 e. The number of hydrogen-bond donors (Lipinski definition) is 2. The molecule has 0 atom stereocenters. The third-order valence-electron chi connectivity index (χ3n) is 5.86. The SMILES string of the molecule is Cc1ccccc1CN1CCN(C(=O)CNC2(CO)CCCC2)CC1. The van der Waals surface area contributed by atoms with Gasteiger partial charge in [0.1, 0.15) is 0 Å². The van der Waals surface area contributed by atoms with Crippen molar-refractivity contribution < 1.29 is 9.90 Å². The zero-order valence-corrected chi connectivity index (χ0v) is 15.3. The van der Waals surface area contributed by atoms with Crippen LogP contribution in [0.5, 0.6) is 0 Å². The zero-order chi connectivity index (χ0) is 17.7. The van der Waals surface area contributed by atoms with Crippen molar-refractivity contribution in [2.45, 2.75) is 44.7 Å². The highest BCUT2D eigenvalue weighted by molar-refractivity contribution is 5.78. The fourth-order valence-electron chi connectivity index (χ4n) is 4.00. The van der Waals surface area contributed by atoms with Gasteiger partial charge >= 0.3 is 0 Å². The van der Waals surface area contributed by atoms with Crippen LogP contribution in [0.15, 0.2) is 24.3 Å². The first-order valence-corrected chi connectivity index (χ1v) is 9.52. The molecular formula is C20H31N3O2. The molecule has 1 aromatic rings. The molecule has 5 nitrogen and oxygen atoms in total. The Morgan fingerprint density at radius 3 is 2.48 bits per heavy atom. The predicted octanol–water partition coefficient (Wildman–Crippen LogP) is 1.53. The standard InChI is InChI=1S/C20H31N3O2/c1-17-6-2-3-7-18(17)15-22-10-12-23(13-11-22)19(25)14-21-20(16-24)8-4-5-9-20/h2-3,6-7,21,24H,4-5,8-16H2,1H3. The van der Waals surface area contributed by atoms with Crippen molar-refractivity contribution >= 4 is 5.91 Å². The van der Waals surface area contributed by atoms with E-state index in [9.17, 15) is 9.90 Å². The van der Waals surface area contributed by atoms with Gasteiger partial charge in [0.05, 0.1) is 13.2 Å². The van der Waals surface area contributed by atoms with Crippen molar-refractivity contribution in [3.63, 3.8) is 0 Å². The number of rotatable bonds is 6. The van der Waals surface area contributed by atoms with E-state index in [1.807, 2.05) is 4.90 Å². The first-order valence-electron chi connectivity index (χ1n) is 9.52. The van der Waals surface area contributed by atoms with Crippen molar-refractivity contribution in [3.8, 4) is 0 Å². The number of benzene rings is 1. The molecule has 1 aromatic carbocycles. The average molecular weight is 345 g/mol. The molecule has 0 bridgehead atoms. The second-order valence-electron chi connectivity index (χ2n) is 7.58. The van der Waals surface area contributed by atoms with Gasteiger partial charge in [0.15, 0.2) is 0 Å². The number of nitrogens with zero attached hydrogens (tertiary/aromatic N) is 2. The summed E-state index contributed by atoms with van der Waals surface area (Å²) in [5, 5.41) is 13.0. The molecule has 138 valence electrons. The summed E-state index contributed by atoms with van der Waals surface area (Å²) in [4.78, 5) is 16.9. The molecule has 3 rings (SSSR count). The lowest BCUT2D eigenvalue weighted by Gasteiger charge is -2.36. The van der Waals surface area contributed by atoms with Crippen LogP contribution < -0.4 is 5.32 Å². The summed E-state index contributed by atoms with van der Waals surface area (Å²) in [6.45, 7) is 7.01. The van der Waals surface area contributed by atoms with E-state index in [1.54, 1.807) is 0 Å². The molecule has 0 aromatic heterocycles. The summed E-state index contributed by atoms with van der Waals surface area (Å²) in [6, 6.07) is 8.51. The van der Waals surface area contributed by atoms with E-state index >= 15 is 0 Å². The highest BCUT2D eigenvalue weighted by atomic mass is 16.3. The van der Waals surface area contributed by atoms with E-state index < -0.39 is 0 Å². The largest absolute Gasteiger partial charge is 0.394 e. The minimum atomic E-state index is -0.220. The fraction of sp³-hybridized carbons (Fsp3) is 0.650. The van der Waals surface area contributed by atoms with Crippen molar-refractivity contribution in [2.75, 3.05) is 39.3 Å². The summed E-state index contributed by atoms with van der Waals surface area (Å²) in [7, 11) is 0. The third-order valence-corrected chi connectivity index (χ3v) is 5.86. The van der Waals surface area contributed by atoms with Crippen LogP contribution in [0, 0.1) is 6.92 Å². The van der Waals surface area contributed by atoms with Gasteiger partial charge in [-0.2, -0.15) is 0 Å². The molecule has 0 radical (unpaired) electrons. The lowest BCUT2D eigenvalue weighted by molar-refractivity contribution is -0.132. The highest BCUT2D eigenvalue weighted by Crippen LogP contribution is 2.28.